The zero-order valence-electron chi connectivity index (χ0n) is 16.4. The number of sulfone groups is 1. The Hall–Kier alpha value is -1.34. The number of carbonyl (C=O) groups is 1. The van der Waals surface area contributed by atoms with E-state index < -0.39 is 15.3 Å². The molecule has 0 aliphatic carbocycles. The molecule has 0 N–H and O–H groups in total. The Morgan fingerprint density at radius 3 is 2.48 bits per heavy atom. The number of anilines is 1. The Bertz CT molecular complexity index is 839. The van der Waals surface area contributed by atoms with Crippen LogP contribution in [0.2, 0.25) is 0 Å². The molecule has 27 heavy (non-hydrogen) atoms. The van der Waals surface area contributed by atoms with Crippen LogP contribution in [0.1, 0.15) is 46.1 Å². The molecule has 2 heterocycles. The van der Waals surface area contributed by atoms with Gasteiger partial charge in [-0.05, 0) is 30.5 Å². The summed E-state index contributed by atoms with van der Waals surface area (Å²) in [5, 5.41) is 0.558. The number of aliphatic imine (C=N–C) groups is 1. The zero-order chi connectivity index (χ0) is 19.8. The second-order valence-corrected chi connectivity index (χ2v) is 11.8. The molecule has 0 saturated carbocycles. The molecular formula is C20H28N2O3S2. The molecule has 148 valence electrons. The van der Waals surface area contributed by atoms with E-state index in [0.717, 1.165) is 24.9 Å². The standard InChI is InChI=1S/C20H28N2O3S2/c1-5-6-7-14-8-10-15(11-9-14)22-16-12-27(24,25)13-17(16)26-19(22)21-18(23)20(2,3)4/h8-11,16-17H,5-7,12-13H2,1-4H3/t16-,17+/m0/s1. The highest BCUT2D eigenvalue weighted by Crippen LogP contribution is 2.41. The van der Waals surface area contributed by atoms with Crippen LogP contribution in [0.15, 0.2) is 29.3 Å². The molecule has 0 unspecified atom stereocenters. The molecule has 2 saturated heterocycles. The molecule has 1 amide bonds. The van der Waals surface area contributed by atoms with Crippen molar-refractivity contribution in [2.75, 3.05) is 16.4 Å². The maximum Gasteiger partial charge on any atom is 0.253 e. The van der Waals surface area contributed by atoms with Gasteiger partial charge in [-0.2, -0.15) is 4.99 Å². The summed E-state index contributed by atoms with van der Waals surface area (Å²) in [6.45, 7) is 7.71. The molecule has 3 rings (SSSR count). The van der Waals surface area contributed by atoms with Gasteiger partial charge in [0, 0.05) is 16.4 Å². The molecule has 0 spiro atoms. The molecule has 0 bridgehead atoms. The predicted molar refractivity (Wildman–Crippen MR) is 113 cm³/mol. The Kier molecular flexibility index (Phi) is 5.73. The summed E-state index contributed by atoms with van der Waals surface area (Å²) in [5.41, 5.74) is 1.62. The van der Waals surface area contributed by atoms with E-state index in [9.17, 15) is 13.2 Å². The molecule has 7 heteroatoms. The van der Waals surface area contributed by atoms with Gasteiger partial charge in [0.1, 0.15) is 0 Å². The molecule has 2 atom stereocenters. The SMILES string of the molecule is CCCCc1ccc(N2C(=NC(=O)C(C)(C)C)S[C@@H]3CS(=O)(=O)C[C@@H]32)cc1. The van der Waals surface area contributed by atoms with Gasteiger partial charge in [0.15, 0.2) is 15.0 Å². The molecule has 1 aromatic carbocycles. The lowest BCUT2D eigenvalue weighted by Crippen LogP contribution is -2.38. The van der Waals surface area contributed by atoms with Crippen molar-refractivity contribution in [2.24, 2.45) is 10.4 Å². The third-order valence-corrected chi connectivity index (χ3v) is 8.15. The molecule has 2 aliphatic heterocycles. The van der Waals surface area contributed by atoms with E-state index in [1.807, 2.05) is 37.8 Å². The minimum absolute atomic E-state index is 0.0683. The Balaban J connectivity index is 1.93. The van der Waals surface area contributed by atoms with Crippen molar-refractivity contribution in [1.82, 2.24) is 0 Å². The number of thioether (sulfide) groups is 1. The summed E-state index contributed by atoms with van der Waals surface area (Å²) in [4.78, 5) is 18.8. The summed E-state index contributed by atoms with van der Waals surface area (Å²) in [7, 11) is -3.05. The van der Waals surface area contributed by atoms with Crippen molar-refractivity contribution in [3.63, 3.8) is 0 Å². The highest BCUT2D eigenvalue weighted by atomic mass is 32.2. The molecule has 2 aliphatic rings. The van der Waals surface area contributed by atoms with Gasteiger partial charge < -0.3 is 4.90 Å². The minimum atomic E-state index is -3.05. The number of unbranched alkanes of at least 4 members (excludes halogenated alkanes) is 1. The summed E-state index contributed by atoms with van der Waals surface area (Å²) >= 11 is 1.42. The van der Waals surface area contributed by atoms with Crippen molar-refractivity contribution in [3.05, 3.63) is 29.8 Å². The molecule has 1 aromatic rings. The number of carbonyl (C=O) groups excluding carboxylic acids is 1. The zero-order valence-corrected chi connectivity index (χ0v) is 18.1. The number of amidine groups is 1. The molecular weight excluding hydrogens is 380 g/mol. The number of fused-ring (bicyclic) bond motifs is 1. The molecule has 5 nitrogen and oxygen atoms in total. The maximum absolute atomic E-state index is 12.5. The van der Waals surface area contributed by atoms with Gasteiger partial charge >= 0.3 is 0 Å². The van der Waals surface area contributed by atoms with Crippen LogP contribution in [0.3, 0.4) is 0 Å². The fourth-order valence-electron chi connectivity index (χ4n) is 3.33. The first-order chi connectivity index (χ1) is 12.6. The van der Waals surface area contributed by atoms with E-state index in [-0.39, 0.29) is 28.7 Å². The van der Waals surface area contributed by atoms with Crippen molar-refractivity contribution in [1.29, 1.82) is 0 Å². The fraction of sp³-hybridized carbons (Fsp3) is 0.600. The first-order valence-corrected chi connectivity index (χ1v) is 12.2. The minimum Gasteiger partial charge on any atom is -0.316 e. The van der Waals surface area contributed by atoms with Crippen molar-refractivity contribution in [3.8, 4) is 0 Å². The van der Waals surface area contributed by atoms with E-state index in [4.69, 9.17) is 0 Å². The van der Waals surface area contributed by atoms with Crippen LogP contribution >= 0.6 is 11.8 Å². The summed E-state index contributed by atoms with van der Waals surface area (Å²) < 4.78 is 24.3. The predicted octanol–water partition coefficient (Wildman–Crippen LogP) is 3.68. The Labute approximate surface area is 166 Å². The van der Waals surface area contributed by atoms with Crippen LogP contribution in [0, 0.1) is 5.41 Å². The number of nitrogens with zero attached hydrogens (tertiary/aromatic N) is 2. The van der Waals surface area contributed by atoms with Crippen LogP contribution in [0.5, 0.6) is 0 Å². The van der Waals surface area contributed by atoms with Gasteiger partial charge in [-0.15, -0.1) is 0 Å². The number of aryl methyl sites for hydroxylation is 1. The fourth-order valence-corrected chi connectivity index (χ4v) is 7.24. The molecule has 0 aromatic heterocycles. The average molecular weight is 409 g/mol. The lowest BCUT2D eigenvalue weighted by Gasteiger charge is -2.25. The van der Waals surface area contributed by atoms with Gasteiger partial charge in [0.25, 0.3) is 5.91 Å². The lowest BCUT2D eigenvalue weighted by molar-refractivity contribution is -0.124. The van der Waals surface area contributed by atoms with Crippen LogP contribution < -0.4 is 4.90 Å². The highest BCUT2D eigenvalue weighted by molar-refractivity contribution is 8.16. The van der Waals surface area contributed by atoms with Crippen LogP contribution in [0.25, 0.3) is 0 Å². The number of hydrogen-bond donors (Lipinski definition) is 0. The summed E-state index contributed by atoms with van der Waals surface area (Å²) in [6, 6.07) is 8.07. The molecule has 0 radical (unpaired) electrons. The number of rotatable bonds is 4. The van der Waals surface area contributed by atoms with Crippen molar-refractivity contribution in [2.45, 2.75) is 58.2 Å². The first kappa shape index (κ1) is 20.4. The molecule has 2 fully saturated rings. The third kappa shape index (κ3) is 4.57. The van der Waals surface area contributed by atoms with Gasteiger partial charge in [-0.25, -0.2) is 8.42 Å². The smallest absolute Gasteiger partial charge is 0.253 e. The Morgan fingerprint density at radius 1 is 1.22 bits per heavy atom. The van der Waals surface area contributed by atoms with Gasteiger partial charge in [0.05, 0.1) is 17.5 Å². The Morgan fingerprint density at radius 2 is 1.89 bits per heavy atom. The normalized spacial score (nSPS) is 25.8. The van der Waals surface area contributed by atoms with Crippen LogP contribution in [0.4, 0.5) is 5.69 Å². The maximum atomic E-state index is 12.5. The second kappa shape index (κ2) is 7.59. The highest BCUT2D eigenvalue weighted by Gasteiger charge is 2.49. The number of amides is 1. The van der Waals surface area contributed by atoms with Gasteiger partial charge in [-0.1, -0.05) is 58.0 Å². The monoisotopic (exact) mass is 408 g/mol. The van der Waals surface area contributed by atoms with Gasteiger partial charge in [0.2, 0.25) is 0 Å². The average Bonchev–Trinajstić information content (AvgIpc) is 3.03. The third-order valence-electron chi connectivity index (χ3n) is 4.94. The van der Waals surface area contributed by atoms with Crippen molar-refractivity contribution < 1.29 is 13.2 Å². The second-order valence-electron chi connectivity index (χ2n) is 8.39. The van der Waals surface area contributed by atoms with Crippen LogP contribution in [-0.4, -0.2) is 42.3 Å². The summed E-state index contributed by atoms with van der Waals surface area (Å²) in [5.74, 6) is 0.0820. The van der Waals surface area contributed by atoms with E-state index in [1.165, 1.54) is 17.3 Å². The van der Waals surface area contributed by atoms with E-state index in [0.29, 0.717) is 5.17 Å². The van der Waals surface area contributed by atoms with E-state index in [2.05, 4.69) is 24.0 Å². The summed E-state index contributed by atoms with van der Waals surface area (Å²) in [6.07, 6.45) is 3.34. The van der Waals surface area contributed by atoms with Crippen molar-refractivity contribution >= 4 is 38.4 Å². The quantitative estimate of drug-likeness (QED) is 0.760. The van der Waals surface area contributed by atoms with E-state index in [1.54, 1.807) is 0 Å². The van der Waals surface area contributed by atoms with Gasteiger partial charge in [-0.3, -0.25) is 4.79 Å². The number of benzene rings is 1. The topological polar surface area (TPSA) is 66.8 Å². The van der Waals surface area contributed by atoms with E-state index >= 15 is 0 Å². The first-order valence-electron chi connectivity index (χ1n) is 9.49. The largest absolute Gasteiger partial charge is 0.316 e. The van der Waals surface area contributed by atoms with Crippen LogP contribution in [-0.2, 0) is 21.1 Å². The lowest BCUT2D eigenvalue weighted by atomic mass is 9.96. The number of hydrogen-bond acceptors (Lipinski definition) is 4.